The van der Waals surface area contributed by atoms with Gasteiger partial charge in [-0.1, -0.05) is 38.6 Å². The molecule has 0 bridgehead atoms. The van der Waals surface area contributed by atoms with E-state index in [1.807, 2.05) is 17.9 Å². The number of hydrogen-bond acceptors (Lipinski definition) is 10. The normalized spacial score (nSPS) is 26.7. The fourth-order valence-corrected chi connectivity index (χ4v) is 12.3. The molecule has 2 aliphatic carbocycles. The lowest BCUT2D eigenvalue weighted by Crippen LogP contribution is -2.48. The van der Waals surface area contributed by atoms with Gasteiger partial charge in [0.15, 0.2) is 0 Å². The first-order valence-electron chi connectivity index (χ1n) is 23.2. The minimum absolute atomic E-state index is 0.0380. The number of aldehydes is 1. The average molecular weight is 858 g/mol. The molecule has 4 aliphatic heterocycles. The van der Waals surface area contributed by atoms with E-state index in [1.54, 1.807) is 25.3 Å². The molecule has 2 saturated carbocycles. The van der Waals surface area contributed by atoms with E-state index < -0.39 is 11.9 Å². The number of anilines is 1. The van der Waals surface area contributed by atoms with Crippen LogP contribution in [-0.2, 0) is 14.4 Å². The van der Waals surface area contributed by atoms with E-state index in [0.29, 0.717) is 53.4 Å². The number of amides is 3. The molecule has 1 aromatic carbocycles. The Bertz CT molecular complexity index is 1840. The number of amidine groups is 1. The van der Waals surface area contributed by atoms with E-state index in [0.717, 1.165) is 106 Å². The SMILES string of the molecule is C=N/C=C1/C=CC(=O)N(C2CCCC2C)C1=NC1CCN(SC2CCN(CC3CCC4(CC3)CCN(c3cc(C(=O)N(C=O)C(C=O)CCC)c(C)cc3F)CC4)CC2)CC1. The Labute approximate surface area is 367 Å². The van der Waals surface area contributed by atoms with E-state index in [-0.39, 0.29) is 29.4 Å². The van der Waals surface area contributed by atoms with Gasteiger partial charge in [0, 0.05) is 67.4 Å². The summed E-state index contributed by atoms with van der Waals surface area (Å²) >= 11 is 2.07. The average Bonchev–Trinajstić information content (AvgIpc) is 3.69. The number of likely N-dealkylation sites (tertiary alicyclic amines) is 1. The van der Waals surface area contributed by atoms with Gasteiger partial charge in [-0.05, 0) is 151 Å². The number of nitrogens with zero attached hydrogens (tertiary/aromatic N) is 7. The zero-order valence-corrected chi connectivity index (χ0v) is 37.6. The van der Waals surface area contributed by atoms with Gasteiger partial charge in [-0.15, -0.1) is 0 Å². The Morgan fingerprint density at radius 1 is 0.984 bits per heavy atom. The molecule has 0 radical (unpaired) electrons. The molecule has 11 nitrogen and oxygen atoms in total. The molecule has 61 heavy (non-hydrogen) atoms. The number of carbonyl (C=O) groups excluding carboxylic acids is 4. The summed E-state index contributed by atoms with van der Waals surface area (Å²) in [6, 6.07) is 2.54. The van der Waals surface area contributed by atoms with Crippen molar-refractivity contribution in [2.45, 2.75) is 140 Å². The number of rotatable bonds is 14. The predicted molar refractivity (Wildman–Crippen MR) is 243 cm³/mol. The van der Waals surface area contributed by atoms with Crippen LogP contribution in [0.15, 0.2) is 46.0 Å². The van der Waals surface area contributed by atoms with Gasteiger partial charge in [-0.2, -0.15) is 0 Å². The van der Waals surface area contributed by atoms with Gasteiger partial charge in [0.25, 0.3) is 11.8 Å². The highest BCUT2D eigenvalue weighted by Gasteiger charge is 2.40. The molecular formula is C48H68FN7O4S. The molecular weight excluding hydrogens is 790 g/mol. The Kier molecular flexibility index (Phi) is 15.4. The minimum Gasteiger partial charge on any atom is -0.369 e. The number of benzene rings is 1. The van der Waals surface area contributed by atoms with Crippen LogP contribution < -0.4 is 4.90 Å². The third-order valence-corrected chi connectivity index (χ3v) is 16.3. The molecule has 6 aliphatic rings. The summed E-state index contributed by atoms with van der Waals surface area (Å²) in [5.74, 6) is 1.10. The van der Waals surface area contributed by atoms with Crippen molar-refractivity contribution in [2.24, 2.45) is 27.2 Å². The zero-order chi connectivity index (χ0) is 43.1. The summed E-state index contributed by atoms with van der Waals surface area (Å²) in [6.45, 7) is 16.5. The van der Waals surface area contributed by atoms with Gasteiger partial charge >= 0.3 is 0 Å². The van der Waals surface area contributed by atoms with Crippen LogP contribution >= 0.6 is 11.9 Å². The predicted octanol–water partition coefficient (Wildman–Crippen LogP) is 8.02. The topological polar surface area (TPSA) is 109 Å². The molecule has 1 aromatic rings. The molecule has 3 saturated heterocycles. The quantitative estimate of drug-likeness (QED) is 0.105. The molecule has 3 amide bonds. The van der Waals surface area contributed by atoms with Gasteiger partial charge in [0.05, 0.1) is 17.8 Å². The van der Waals surface area contributed by atoms with Crippen LogP contribution in [0.1, 0.15) is 126 Å². The van der Waals surface area contributed by atoms with Crippen molar-refractivity contribution in [2.75, 3.05) is 50.7 Å². The Balaban J connectivity index is 0.837. The maximum atomic E-state index is 15.4. The highest BCUT2D eigenvalue weighted by atomic mass is 32.2. The summed E-state index contributed by atoms with van der Waals surface area (Å²) in [5.41, 5.74) is 2.31. The number of aryl methyl sites for hydroxylation is 1. The third kappa shape index (κ3) is 10.6. The largest absolute Gasteiger partial charge is 0.369 e. The summed E-state index contributed by atoms with van der Waals surface area (Å²) < 4.78 is 18.0. The van der Waals surface area contributed by atoms with Gasteiger partial charge in [0.2, 0.25) is 6.41 Å². The van der Waals surface area contributed by atoms with Crippen molar-refractivity contribution < 1.29 is 23.6 Å². The first kappa shape index (κ1) is 45.3. The molecule has 3 unspecified atom stereocenters. The van der Waals surface area contributed by atoms with E-state index in [9.17, 15) is 19.2 Å². The lowest BCUT2D eigenvalue weighted by molar-refractivity contribution is -0.124. The Morgan fingerprint density at radius 3 is 2.33 bits per heavy atom. The second-order valence-corrected chi connectivity index (χ2v) is 20.3. The van der Waals surface area contributed by atoms with Crippen molar-refractivity contribution in [3.63, 3.8) is 0 Å². The molecule has 0 aromatic heterocycles. The van der Waals surface area contributed by atoms with Gasteiger partial charge in [-0.3, -0.25) is 38.5 Å². The van der Waals surface area contributed by atoms with Crippen LogP contribution in [0, 0.1) is 30.0 Å². The number of aliphatic imine (C=N–C) groups is 2. The van der Waals surface area contributed by atoms with Crippen LogP contribution in [0.5, 0.6) is 0 Å². The standard InChI is InChI=1S/C48H68FN7O4S/c1-5-7-39(32-57)55(33-58)47(60)41-29-44(42(49)28-35(41)3)53-26-20-48(21-27-53)18-12-36(13-19-48)31-52-22-16-40(17-23-52)61-54-24-14-38(15-25-54)51-46-37(30-50-4)10-11-45(59)56(46)43-9-6-8-34(43)2/h10-11,28-30,32-34,36,38-40,43H,4-9,12-27,31H2,1-3H3/b37-30-,51-46?. The van der Waals surface area contributed by atoms with Crippen molar-refractivity contribution in [3.05, 3.63) is 53.0 Å². The number of hydrogen-bond donors (Lipinski definition) is 0. The van der Waals surface area contributed by atoms with E-state index in [1.165, 1.54) is 51.1 Å². The van der Waals surface area contributed by atoms with Crippen molar-refractivity contribution >= 4 is 54.7 Å². The maximum absolute atomic E-state index is 15.4. The summed E-state index contributed by atoms with van der Waals surface area (Å²) in [5, 5.41) is 0.651. The van der Waals surface area contributed by atoms with Gasteiger partial charge < -0.3 is 14.6 Å². The minimum atomic E-state index is -0.828. The van der Waals surface area contributed by atoms with Crippen LogP contribution in [0.25, 0.3) is 0 Å². The van der Waals surface area contributed by atoms with E-state index in [2.05, 4.69) is 44.7 Å². The lowest BCUT2D eigenvalue weighted by Gasteiger charge is -2.47. The maximum Gasteiger partial charge on any atom is 0.261 e. The Morgan fingerprint density at radius 2 is 1.70 bits per heavy atom. The first-order valence-corrected chi connectivity index (χ1v) is 24.1. The summed E-state index contributed by atoms with van der Waals surface area (Å²) in [4.78, 5) is 67.2. The molecule has 4 heterocycles. The second kappa shape index (κ2) is 20.7. The fraction of sp³-hybridized carbons (Fsp3) is 0.667. The number of imide groups is 1. The Hall–Kier alpha value is -3.68. The number of piperidine rings is 3. The molecule has 13 heteroatoms. The van der Waals surface area contributed by atoms with E-state index in [4.69, 9.17) is 4.99 Å². The van der Waals surface area contributed by atoms with Crippen LogP contribution in [0.3, 0.4) is 0 Å². The smallest absolute Gasteiger partial charge is 0.261 e. The molecule has 3 atom stereocenters. The highest BCUT2D eigenvalue weighted by Crippen LogP contribution is 2.47. The summed E-state index contributed by atoms with van der Waals surface area (Å²) in [7, 11) is 0. The highest BCUT2D eigenvalue weighted by molar-refractivity contribution is 7.97. The number of halogens is 1. The van der Waals surface area contributed by atoms with Crippen LogP contribution in [0.4, 0.5) is 10.1 Å². The van der Waals surface area contributed by atoms with Crippen molar-refractivity contribution in [1.29, 1.82) is 0 Å². The van der Waals surface area contributed by atoms with Crippen LogP contribution in [0.2, 0.25) is 0 Å². The van der Waals surface area contributed by atoms with Gasteiger partial charge in [-0.25, -0.2) is 4.39 Å². The molecule has 5 fully saturated rings. The van der Waals surface area contributed by atoms with E-state index >= 15 is 4.39 Å². The molecule has 332 valence electrons. The fourth-order valence-electron chi connectivity index (χ4n) is 11.1. The van der Waals surface area contributed by atoms with Crippen molar-refractivity contribution in [3.8, 4) is 0 Å². The lowest BCUT2D eigenvalue weighted by atomic mass is 9.65. The number of carbonyl (C=O) groups is 4. The molecule has 1 spiro atoms. The zero-order valence-electron chi connectivity index (χ0n) is 36.8. The van der Waals surface area contributed by atoms with Crippen molar-refractivity contribution in [1.82, 2.24) is 19.0 Å². The monoisotopic (exact) mass is 858 g/mol. The summed E-state index contributed by atoms with van der Waals surface area (Å²) in [6.07, 6.45) is 22.0. The molecule has 0 N–H and O–H groups in total. The van der Waals surface area contributed by atoms with Crippen LogP contribution in [-0.4, -0.2) is 125 Å². The molecule has 7 rings (SSSR count). The second-order valence-electron chi connectivity index (χ2n) is 18.9. The van der Waals surface area contributed by atoms with Gasteiger partial charge in [0.1, 0.15) is 17.9 Å². The first-order chi connectivity index (χ1) is 29.5. The third-order valence-electron chi connectivity index (χ3n) is 14.9.